The minimum absolute atomic E-state index is 0.0709. The van der Waals surface area contributed by atoms with Crippen LogP contribution < -0.4 is 0 Å². The van der Waals surface area contributed by atoms with Gasteiger partial charge in [0.25, 0.3) is 0 Å². The molecule has 1 saturated heterocycles. The van der Waals surface area contributed by atoms with Gasteiger partial charge in [0.05, 0.1) is 17.6 Å². The monoisotopic (exact) mass is 178 g/mol. The summed E-state index contributed by atoms with van der Waals surface area (Å²) in [5.41, 5.74) is -0.202. The SMILES string of the molecule is C[C@]12CCC[C@@H](C1=O)[C@@H]1C=C[C@H]2O1. The van der Waals surface area contributed by atoms with E-state index in [1.807, 2.05) is 0 Å². The summed E-state index contributed by atoms with van der Waals surface area (Å²) in [7, 11) is 0. The van der Waals surface area contributed by atoms with Crippen molar-refractivity contribution in [1.82, 2.24) is 0 Å². The van der Waals surface area contributed by atoms with Gasteiger partial charge in [0.2, 0.25) is 0 Å². The number of ketones is 1. The molecule has 0 amide bonds. The number of rotatable bonds is 0. The highest BCUT2D eigenvalue weighted by Gasteiger charge is 2.55. The Bertz CT molecular complexity index is 294. The van der Waals surface area contributed by atoms with E-state index in [0.717, 1.165) is 12.8 Å². The molecule has 3 rings (SSSR count). The molecule has 1 aliphatic carbocycles. The lowest BCUT2D eigenvalue weighted by molar-refractivity contribution is -0.164. The summed E-state index contributed by atoms with van der Waals surface area (Å²) >= 11 is 0. The van der Waals surface area contributed by atoms with Crippen LogP contribution in [0.5, 0.6) is 0 Å². The van der Waals surface area contributed by atoms with E-state index in [-0.39, 0.29) is 23.5 Å². The third-order valence-corrected chi connectivity index (χ3v) is 3.91. The summed E-state index contributed by atoms with van der Waals surface area (Å²) in [6, 6.07) is 0. The molecule has 0 N–H and O–H groups in total. The van der Waals surface area contributed by atoms with Crippen molar-refractivity contribution in [2.75, 3.05) is 0 Å². The van der Waals surface area contributed by atoms with E-state index in [4.69, 9.17) is 4.74 Å². The van der Waals surface area contributed by atoms with Crippen molar-refractivity contribution in [3.63, 3.8) is 0 Å². The Labute approximate surface area is 78.0 Å². The van der Waals surface area contributed by atoms with Crippen molar-refractivity contribution < 1.29 is 9.53 Å². The van der Waals surface area contributed by atoms with E-state index >= 15 is 0 Å². The molecule has 0 radical (unpaired) electrons. The van der Waals surface area contributed by atoms with Gasteiger partial charge < -0.3 is 4.74 Å². The fraction of sp³-hybridized carbons (Fsp3) is 0.727. The van der Waals surface area contributed by atoms with E-state index in [2.05, 4.69) is 19.1 Å². The average Bonchev–Trinajstić information content (AvgIpc) is 2.55. The average molecular weight is 178 g/mol. The molecule has 0 aromatic rings. The van der Waals surface area contributed by atoms with Gasteiger partial charge >= 0.3 is 0 Å². The van der Waals surface area contributed by atoms with Gasteiger partial charge in [-0.25, -0.2) is 0 Å². The van der Waals surface area contributed by atoms with Gasteiger partial charge in [-0.05, 0) is 19.8 Å². The van der Waals surface area contributed by atoms with Crippen LogP contribution in [0.25, 0.3) is 0 Å². The van der Waals surface area contributed by atoms with E-state index in [1.54, 1.807) is 0 Å². The quantitative estimate of drug-likeness (QED) is 0.528. The number of Topliss-reactive ketones (excluding diaryl/α,β-unsaturated/α-hetero) is 1. The second-order valence-corrected chi connectivity index (χ2v) is 4.69. The normalized spacial score (nSPS) is 52.7. The number of fused-ring (bicyclic) bond motifs is 6. The highest BCUT2D eigenvalue weighted by molar-refractivity contribution is 5.90. The van der Waals surface area contributed by atoms with Crippen molar-refractivity contribution >= 4 is 5.78 Å². The lowest BCUT2D eigenvalue weighted by atomic mass is 9.65. The van der Waals surface area contributed by atoms with E-state index < -0.39 is 0 Å². The van der Waals surface area contributed by atoms with E-state index in [0.29, 0.717) is 5.78 Å². The summed E-state index contributed by atoms with van der Waals surface area (Å²) in [5.74, 6) is 0.610. The Morgan fingerprint density at radius 1 is 1.54 bits per heavy atom. The minimum atomic E-state index is -0.202. The summed E-state index contributed by atoms with van der Waals surface area (Å²) in [4.78, 5) is 12.1. The van der Waals surface area contributed by atoms with Gasteiger partial charge in [0.1, 0.15) is 5.78 Å². The predicted molar refractivity (Wildman–Crippen MR) is 48.3 cm³/mol. The van der Waals surface area contributed by atoms with Crippen LogP contribution in [0.15, 0.2) is 12.2 Å². The van der Waals surface area contributed by atoms with Crippen molar-refractivity contribution in [1.29, 1.82) is 0 Å². The highest BCUT2D eigenvalue weighted by atomic mass is 16.5. The Morgan fingerprint density at radius 2 is 2.38 bits per heavy atom. The second-order valence-electron chi connectivity index (χ2n) is 4.69. The van der Waals surface area contributed by atoms with Crippen LogP contribution >= 0.6 is 0 Å². The molecule has 1 saturated carbocycles. The standard InChI is InChI=1S/C11H14O2/c1-11-6-2-3-7(10(11)12)8-4-5-9(11)13-8/h4-5,7-9H,2-3,6H2,1H3/t7-,8+,9-,11-/m1/s1. The zero-order chi connectivity index (χ0) is 9.05. The number of ether oxygens (including phenoxy) is 1. The molecule has 4 atom stereocenters. The molecule has 0 aromatic heterocycles. The maximum atomic E-state index is 12.1. The van der Waals surface area contributed by atoms with Crippen molar-refractivity contribution in [2.45, 2.75) is 38.4 Å². The molecule has 2 fully saturated rings. The number of carbonyl (C=O) groups is 1. The highest BCUT2D eigenvalue weighted by Crippen LogP contribution is 2.49. The zero-order valence-electron chi connectivity index (χ0n) is 7.82. The molecule has 70 valence electrons. The van der Waals surface area contributed by atoms with Gasteiger partial charge in [-0.15, -0.1) is 0 Å². The molecule has 2 heterocycles. The summed E-state index contributed by atoms with van der Waals surface area (Å²) in [6.45, 7) is 2.07. The maximum Gasteiger partial charge on any atom is 0.147 e. The van der Waals surface area contributed by atoms with Crippen molar-refractivity contribution in [3.05, 3.63) is 12.2 Å². The zero-order valence-corrected chi connectivity index (χ0v) is 7.82. The van der Waals surface area contributed by atoms with Gasteiger partial charge in [0, 0.05) is 5.92 Å². The molecule has 0 spiro atoms. The van der Waals surface area contributed by atoms with Crippen LogP contribution in [0, 0.1) is 11.3 Å². The lowest BCUT2D eigenvalue weighted by Crippen LogP contribution is -2.53. The fourth-order valence-corrected chi connectivity index (χ4v) is 3.02. The molecule has 13 heavy (non-hydrogen) atoms. The first-order valence-corrected chi connectivity index (χ1v) is 5.10. The van der Waals surface area contributed by atoms with Crippen LogP contribution in [-0.4, -0.2) is 18.0 Å². The predicted octanol–water partition coefficient (Wildman–Crippen LogP) is 1.70. The van der Waals surface area contributed by atoms with Gasteiger partial charge in [0.15, 0.2) is 0 Å². The molecule has 2 nitrogen and oxygen atoms in total. The molecule has 3 aliphatic rings. The Kier molecular flexibility index (Phi) is 1.33. The van der Waals surface area contributed by atoms with Crippen LogP contribution in [0.4, 0.5) is 0 Å². The molecule has 2 aliphatic heterocycles. The van der Waals surface area contributed by atoms with Gasteiger partial charge in [-0.2, -0.15) is 0 Å². The minimum Gasteiger partial charge on any atom is -0.365 e. The van der Waals surface area contributed by atoms with Crippen LogP contribution in [0.2, 0.25) is 0 Å². The van der Waals surface area contributed by atoms with Crippen LogP contribution in [0.1, 0.15) is 26.2 Å². The molecule has 0 unspecified atom stereocenters. The van der Waals surface area contributed by atoms with Crippen molar-refractivity contribution in [3.8, 4) is 0 Å². The smallest absolute Gasteiger partial charge is 0.147 e. The third-order valence-electron chi connectivity index (χ3n) is 3.91. The largest absolute Gasteiger partial charge is 0.365 e. The Balaban J connectivity index is 2.09. The first-order valence-electron chi connectivity index (χ1n) is 5.10. The molecule has 0 aromatic carbocycles. The number of carbonyl (C=O) groups excluding carboxylic acids is 1. The topological polar surface area (TPSA) is 26.3 Å². The molecular formula is C11H14O2. The lowest BCUT2D eigenvalue weighted by Gasteiger charge is -2.45. The van der Waals surface area contributed by atoms with Crippen molar-refractivity contribution in [2.24, 2.45) is 11.3 Å². The Morgan fingerprint density at radius 3 is 3.23 bits per heavy atom. The Hall–Kier alpha value is -0.630. The first-order chi connectivity index (χ1) is 6.22. The first kappa shape index (κ1) is 7.74. The summed E-state index contributed by atoms with van der Waals surface area (Å²) in [6.07, 6.45) is 7.57. The molecule has 2 heteroatoms. The van der Waals surface area contributed by atoms with E-state index in [1.165, 1.54) is 6.42 Å². The molecular weight excluding hydrogens is 164 g/mol. The number of hydrogen-bond donors (Lipinski definition) is 0. The fourth-order valence-electron chi connectivity index (χ4n) is 3.02. The third kappa shape index (κ3) is 0.798. The van der Waals surface area contributed by atoms with Gasteiger partial charge in [-0.3, -0.25) is 4.79 Å². The van der Waals surface area contributed by atoms with E-state index in [9.17, 15) is 4.79 Å². The van der Waals surface area contributed by atoms with Crippen LogP contribution in [-0.2, 0) is 9.53 Å². The maximum absolute atomic E-state index is 12.1. The molecule has 4 bridgehead atoms. The number of hydrogen-bond acceptors (Lipinski definition) is 2. The second kappa shape index (κ2) is 2.24. The van der Waals surface area contributed by atoms with Crippen LogP contribution in [0.3, 0.4) is 0 Å². The summed E-state index contributed by atoms with van der Waals surface area (Å²) < 4.78 is 5.81. The summed E-state index contributed by atoms with van der Waals surface area (Å²) in [5, 5.41) is 0. The van der Waals surface area contributed by atoms with Gasteiger partial charge in [-0.1, -0.05) is 18.6 Å².